The summed E-state index contributed by atoms with van der Waals surface area (Å²) in [6.45, 7) is 3.80. The summed E-state index contributed by atoms with van der Waals surface area (Å²) in [5, 5.41) is 22.8. The number of aliphatic hydroxyl groups is 1. The van der Waals surface area contributed by atoms with Crippen molar-refractivity contribution in [2.45, 2.75) is 80.8 Å². The van der Waals surface area contributed by atoms with Crippen LogP contribution in [0.2, 0.25) is 5.02 Å². The number of carbonyl (C=O) groups is 2. The summed E-state index contributed by atoms with van der Waals surface area (Å²) < 4.78 is 40.7. The molecule has 5 atom stereocenters. The van der Waals surface area contributed by atoms with Gasteiger partial charge >= 0.3 is 5.97 Å². The molecule has 2 fully saturated rings. The van der Waals surface area contributed by atoms with Gasteiger partial charge in [0.1, 0.15) is 5.75 Å². The van der Waals surface area contributed by atoms with Gasteiger partial charge in [-0.25, -0.2) is 13.6 Å². The van der Waals surface area contributed by atoms with Crippen molar-refractivity contribution in [2.24, 2.45) is 11.8 Å². The number of halogens is 3. The SMILES string of the molecule is CN1CC/C=C/[C@H](OCCN2CCC(F)(F)CC2)[C@@H]2CC[C@H]2CN2C[C@@]3(CCCc4cc(Cl)ccc43)COc3ccc(cc32)[C@@](O)(C(=O)O)CC1=O. The fourth-order valence-electron chi connectivity index (χ4n) is 8.93. The number of carbonyl (C=O) groups excluding carboxylic acids is 1. The van der Waals surface area contributed by atoms with Crippen LogP contribution >= 0.6 is 11.6 Å². The Morgan fingerprint density at radius 2 is 1.90 bits per heavy atom. The summed E-state index contributed by atoms with van der Waals surface area (Å²) in [5.41, 5.74) is 0.477. The molecule has 2 bridgehead atoms. The summed E-state index contributed by atoms with van der Waals surface area (Å²) in [6, 6.07) is 11.1. The first-order chi connectivity index (χ1) is 24.9. The number of fused-ring (bicyclic) bond motifs is 4. The zero-order valence-corrected chi connectivity index (χ0v) is 30.6. The number of hydrogen-bond donors (Lipinski definition) is 2. The number of carboxylic acids is 1. The molecule has 1 saturated carbocycles. The van der Waals surface area contributed by atoms with Gasteiger partial charge in [-0.05, 0) is 91.3 Å². The molecule has 1 amide bonds. The minimum Gasteiger partial charge on any atom is -0.490 e. The van der Waals surface area contributed by atoms with Crippen molar-refractivity contribution in [2.75, 3.05) is 64.4 Å². The van der Waals surface area contributed by atoms with Crippen molar-refractivity contribution in [3.63, 3.8) is 0 Å². The van der Waals surface area contributed by atoms with E-state index < -0.39 is 29.8 Å². The lowest BCUT2D eigenvalue weighted by Crippen LogP contribution is -2.50. The van der Waals surface area contributed by atoms with E-state index in [1.165, 1.54) is 16.0 Å². The Morgan fingerprint density at radius 3 is 2.65 bits per heavy atom. The zero-order chi connectivity index (χ0) is 36.7. The maximum atomic E-state index is 13.8. The molecular formula is C40H50ClF2N3O6. The maximum Gasteiger partial charge on any atom is 0.340 e. The number of likely N-dealkylation sites (tertiary alicyclic amines) is 1. The van der Waals surface area contributed by atoms with E-state index >= 15 is 0 Å². The van der Waals surface area contributed by atoms with Crippen molar-refractivity contribution in [1.82, 2.24) is 9.80 Å². The Hall–Kier alpha value is -3.25. The molecule has 282 valence electrons. The van der Waals surface area contributed by atoms with Crippen LogP contribution < -0.4 is 9.64 Å². The quantitative estimate of drug-likeness (QED) is 0.358. The number of amides is 1. The lowest BCUT2D eigenvalue weighted by Gasteiger charge is -2.46. The Balaban J connectivity index is 1.22. The van der Waals surface area contributed by atoms with E-state index in [4.69, 9.17) is 21.1 Å². The van der Waals surface area contributed by atoms with Gasteiger partial charge in [0.15, 0.2) is 5.60 Å². The number of hydrogen-bond acceptors (Lipinski definition) is 7. The molecule has 2 aromatic carbocycles. The van der Waals surface area contributed by atoms with E-state index in [1.54, 1.807) is 25.2 Å². The lowest BCUT2D eigenvalue weighted by atomic mass is 9.68. The predicted octanol–water partition coefficient (Wildman–Crippen LogP) is 6.04. The van der Waals surface area contributed by atoms with Crippen LogP contribution in [0.3, 0.4) is 0 Å². The molecule has 3 aliphatic heterocycles. The molecular weight excluding hydrogens is 692 g/mol. The molecule has 12 heteroatoms. The standard InChI is InChI=1S/C40H50ClF2N3O6/c1-44-16-3-2-6-34(51-20-19-45-17-14-39(42,43)15-18-45)31-10-7-28(31)24-46-25-38(13-4-5-27-21-30(41)9-11-32(27)38)26-52-35-12-8-29(22-33(35)46)40(50,37(48)49)23-36(44)47/h2,6,8-9,11-12,21-22,28,31,34,50H,3-5,7,10,13-20,23-26H2,1H3,(H,48,49)/b6-2+/t28-,31+,34-,38-,40+/m0/s1. The van der Waals surface area contributed by atoms with Gasteiger partial charge in [0.05, 0.1) is 31.4 Å². The van der Waals surface area contributed by atoms with Crippen molar-refractivity contribution in [1.29, 1.82) is 0 Å². The van der Waals surface area contributed by atoms with Gasteiger partial charge in [-0.2, -0.15) is 0 Å². The van der Waals surface area contributed by atoms with Crippen molar-refractivity contribution >= 4 is 29.2 Å². The third-order valence-corrected chi connectivity index (χ3v) is 12.6. The molecule has 52 heavy (non-hydrogen) atoms. The average molecular weight is 742 g/mol. The zero-order valence-electron chi connectivity index (χ0n) is 29.9. The Morgan fingerprint density at radius 1 is 1.10 bits per heavy atom. The van der Waals surface area contributed by atoms with Gasteiger partial charge < -0.3 is 34.4 Å². The summed E-state index contributed by atoms with van der Waals surface area (Å²) in [4.78, 5) is 31.9. The Bertz CT molecular complexity index is 1680. The van der Waals surface area contributed by atoms with Gasteiger partial charge in [-0.1, -0.05) is 35.9 Å². The number of aliphatic carboxylic acids is 1. The van der Waals surface area contributed by atoms with E-state index in [-0.39, 0.29) is 41.8 Å². The maximum absolute atomic E-state index is 13.8. The van der Waals surface area contributed by atoms with E-state index in [9.17, 15) is 28.6 Å². The van der Waals surface area contributed by atoms with Crippen LogP contribution in [0.5, 0.6) is 5.75 Å². The highest BCUT2D eigenvalue weighted by Crippen LogP contribution is 2.48. The molecule has 0 radical (unpaired) electrons. The normalized spacial score (nSPS) is 31.5. The van der Waals surface area contributed by atoms with Crippen LogP contribution in [0.4, 0.5) is 14.5 Å². The third-order valence-electron chi connectivity index (χ3n) is 12.3. The summed E-state index contributed by atoms with van der Waals surface area (Å²) >= 11 is 6.45. The first-order valence-electron chi connectivity index (χ1n) is 18.8. The number of benzene rings is 2. The third kappa shape index (κ3) is 7.56. The van der Waals surface area contributed by atoms with E-state index in [0.717, 1.165) is 32.1 Å². The number of nitrogens with zero attached hydrogens (tertiary/aromatic N) is 3. The predicted molar refractivity (Wildman–Crippen MR) is 194 cm³/mol. The topological polar surface area (TPSA) is 103 Å². The van der Waals surface area contributed by atoms with Crippen LogP contribution in [0.25, 0.3) is 0 Å². The summed E-state index contributed by atoms with van der Waals surface area (Å²) in [6.07, 6.45) is 8.34. The number of anilines is 1. The number of ether oxygens (including phenoxy) is 2. The molecule has 1 spiro atoms. The largest absolute Gasteiger partial charge is 0.490 e. The van der Waals surface area contributed by atoms with E-state index in [2.05, 4.69) is 23.1 Å². The first-order valence-corrected chi connectivity index (χ1v) is 19.1. The number of piperidine rings is 1. The molecule has 2 aliphatic carbocycles. The second-order valence-electron chi connectivity index (χ2n) is 15.7. The Labute approximate surface area is 309 Å². The number of rotatable bonds is 5. The fraction of sp³-hybridized carbons (Fsp3) is 0.600. The minimum atomic E-state index is -2.59. The highest BCUT2D eigenvalue weighted by Gasteiger charge is 2.46. The fourth-order valence-corrected chi connectivity index (χ4v) is 9.12. The molecule has 7 rings (SSSR count). The van der Waals surface area contributed by atoms with Gasteiger partial charge in [0.2, 0.25) is 5.91 Å². The molecule has 2 aromatic rings. The van der Waals surface area contributed by atoms with Crippen LogP contribution in [0, 0.1) is 11.8 Å². The molecule has 0 aromatic heterocycles. The first kappa shape index (κ1) is 37.1. The highest BCUT2D eigenvalue weighted by atomic mass is 35.5. The second kappa shape index (κ2) is 14.9. The molecule has 3 heterocycles. The van der Waals surface area contributed by atoms with Crippen LogP contribution in [-0.2, 0) is 31.8 Å². The van der Waals surface area contributed by atoms with Crippen molar-refractivity contribution < 1.29 is 38.1 Å². The lowest BCUT2D eigenvalue weighted by molar-refractivity contribution is -0.164. The molecule has 9 nitrogen and oxygen atoms in total. The number of carboxylic acid groups (broad SMARTS) is 1. The highest BCUT2D eigenvalue weighted by molar-refractivity contribution is 6.30. The van der Waals surface area contributed by atoms with Crippen molar-refractivity contribution in [3.05, 3.63) is 70.3 Å². The van der Waals surface area contributed by atoms with Gasteiger partial charge in [-0.3, -0.25) is 4.79 Å². The van der Waals surface area contributed by atoms with Crippen molar-refractivity contribution in [3.8, 4) is 5.75 Å². The molecule has 2 N–H and O–H groups in total. The second-order valence-corrected chi connectivity index (χ2v) is 16.1. The molecule has 5 aliphatic rings. The van der Waals surface area contributed by atoms with Gasteiger partial charge in [0.25, 0.3) is 5.92 Å². The van der Waals surface area contributed by atoms with Gasteiger partial charge in [0, 0.05) is 69.6 Å². The van der Waals surface area contributed by atoms with Crippen LogP contribution in [0.15, 0.2) is 48.6 Å². The van der Waals surface area contributed by atoms with E-state index in [0.29, 0.717) is 75.4 Å². The Kier molecular flexibility index (Phi) is 10.6. The number of aryl methyl sites for hydroxylation is 1. The smallest absolute Gasteiger partial charge is 0.340 e. The minimum absolute atomic E-state index is 0.126. The molecule has 0 unspecified atom stereocenters. The average Bonchev–Trinajstić information content (AvgIpc) is 3.25. The monoisotopic (exact) mass is 741 g/mol. The summed E-state index contributed by atoms with van der Waals surface area (Å²) in [7, 11) is 1.61. The van der Waals surface area contributed by atoms with Crippen LogP contribution in [-0.4, -0.2) is 103 Å². The van der Waals surface area contributed by atoms with E-state index in [1.807, 2.05) is 17.0 Å². The number of alkyl halides is 2. The van der Waals surface area contributed by atoms with Gasteiger partial charge in [-0.15, -0.1) is 0 Å². The summed E-state index contributed by atoms with van der Waals surface area (Å²) in [5.74, 6) is -3.50. The van der Waals surface area contributed by atoms with Crippen LogP contribution in [0.1, 0.15) is 68.1 Å². The molecule has 1 saturated heterocycles.